The van der Waals surface area contributed by atoms with Gasteiger partial charge in [0.2, 0.25) is 5.95 Å². The van der Waals surface area contributed by atoms with Gasteiger partial charge in [-0.05, 0) is 54.7 Å². The molecule has 200 valence electrons. The molecule has 10 heteroatoms. The van der Waals surface area contributed by atoms with E-state index in [4.69, 9.17) is 0 Å². The third kappa shape index (κ3) is 6.00. The average molecular weight is 534 g/mol. The number of carbonyl (C=O) groups excluding carboxylic acids is 1. The van der Waals surface area contributed by atoms with E-state index in [1.54, 1.807) is 11.0 Å². The highest BCUT2D eigenvalue weighted by Crippen LogP contribution is 2.35. The number of piperidine rings is 1. The Bertz CT molecular complexity index is 1530. The van der Waals surface area contributed by atoms with Gasteiger partial charge in [0.1, 0.15) is 5.56 Å². The molecule has 1 amide bonds. The van der Waals surface area contributed by atoms with Gasteiger partial charge in [0, 0.05) is 31.4 Å². The minimum absolute atomic E-state index is 0.0833. The molecule has 5 rings (SSSR count). The molecule has 0 unspecified atom stereocenters. The van der Waals surface area contributed by atoms with Crippen molar-refractivity contribution in [2.45, 2.75) is 32.0 Å². The summed E-state index contributed by atoms with van der Waals surface area (Å²) in [5.41, 5.74) is 0.345. The highest BCUT2D eigenvalue weighted by atomic mass is 19.4. The van der Waals surface area contributed by atoms with Crippen LogP contribution in [0.2, 0.25) is 0 Å². The molecule has 39 heavy (non-hydrogen) atoms. The van der Waals surface area contributed by atoms with E-state index in [-0.39, 0.29) is 16.8 Å². The van der Waals surface area contributed by atoms with Crippen molar-refractivity contribution < 1.29 is 18.0 Å². The van der Waals surface area contributed by atoms with Crippen LogP contribution in [0.3, 0.4) is 0 Å². The van der Waals surface area contributed by atoms with Crippen molar-refractivity contribution in [3.8, 4) is 22.5 Å². The molecule has 2 N–H and O–H groups in total. The summed E-state index contributed by atoms with van der Waals surface area (Å²) in [6.45, 7) is 1.54. The summed E-state index contributed by atoms with van der Waals surface area (Å²) in [5.74, 6) is -0.120. The second-order valence-electron chi connectivity index (χ2n) is 9.34. The van der Waals surface area contributed by atoms with E-state index in [2.05, 4.69) is 20.3 Å². The standard InChI is InChI=1S/C29H26F3N5O2/c30-29(31,32)21-11-7-10-20(16-21)25-22(17-23(26(38)36-25)27(39)37-14-5-2-6-15-37)24-12-13-33-28(35-24)34-18-19-8-3-1-4-9-19/h1,3-4,7-13,16-17H,2,5-6,14-15,18H2,(H,36,38)(H,33,34,35). The zero-order chi connectivity index (χ0) is 27.4. The van der Waals surface area contributed by atoms with Gasteiger partial charge in [0.15, 0.2) is 0 Å². The number of likely N-dealkylation sites (tertiary alicyclic amines) is 1. The number of nitrogens with one attached hydrogen (secondary N) is 2. The van der Waals surface area contributed by atoms with Gasteiger partial charge in [-0.1, -0.05) is 42.5 Å². The van der Waals surface area contributed by atoms with Crippen LogP contribution >= 0.6 is 0 Å². The summed E-state index contributed by atoms with van der Waals surface area (Å²) in [6.07, 6.45) is -0.338. The van der Waals surface area contributed by atoms with Crippen molar-refractivity contribution in [1.82, 2.24) is 19.9 Å². The molecule has 0 bridgehead atoms. The normalized spacial score (nSPS) is 13.8. The molecule has 0 radical (unpaired) electrons. The first kappa shape index (κ1) is 26.1. The van der Waals surface area contributed by atoms with E-state index in [0.29, 0.717) is 36.8 Å². The van der Waals surface area contributed by atoms with Crippen molar-refractivity contribution in [1.29, 1.82) is 0 Å². The Morgan fingerprint density at radius 3 is 2.49 bits per heavy atom. The van der Waals surface area contributed by atoms with E-state index >= 15 is 0 Å². The Balaban J connectivity index is 1.59. The quantitative estimate of drug-likeness (QED) is 0.329. The number of hydrogen-bond donors (Lipinski definition) is 2. The number of amides is 1. The van der Waals surface area contributed by atoms with Crippen molar-refractivity contribution in [3.63, 3.8) is 0 Å². The third-order valence-corrected chi connectivity index (χ3v) is 6.62. The van der Waals surface area contributed by atoms with Gasteiger partial charge in [-0.15, -0.1) is 0 Å². The molecule has 2 aromatic carbocycles. The second kappa shape index (κ2) is 11.1. The number of aromatic amines is 1. The summed E-state index contributed by atoms with van der Waals surface area (Å²) in [4.78, 5) is 39.5. The number of anilines is 1. The van der Waals surface area contributed by atoms with E-state index < -0.39 is 23.2 Å². The van der Waals surface area contributed by atoms with Gasteiger partial charge in [-0.25, -0.2) is 9.97 Å². The first-order valence-electron chi connectivity index (χ1n) is 12.6. The van der Waals surface area contributed by atoms with Crippen LogP contribution in [0.4, 0.5) is 19.1 Å². The van der Waals surface area contributed by atoms with Crippen molar-refractivity contribution in [3.05, 3.63) is 100.0 Å². The fourth-order valence-corrected chi connectivity index (χ4v) is 4.61. The molecule has 1 saturated heterocycles. The van der Waals surface area contributed by atoms with Crippen LogP contribution in [-0.2, 0) is 12.7 Å². The lowest BCUT2D eigenvalue weighted by Gasteiger charge is -2.26. The van der Waals surface area contributed by atoms with Gasteiger partial charge in [0.05, 0.1) is 17.0 Å². The minimum atomic E-state index is -4.57. The molecule has 1 fully saturated rings. The number of hydrogen-bond acceptors (Lipinski definition) is 5. The minimum Gasteiger partial charge on any atom is -0.350 e. The first-order chi connectivity index (χ1) is 18.8. The molecule has 0 saturated carbocycles. The number of alkyl halides is 3. The SMILES string of the molecule is O=C(c1cc(-c2ccnc(NCc3ccccc3)n2)c(-c2cccc(C(F)(F)F)c2)[nH]c1=O)N1CCCCC1. The fourth-order valence-electron chi connectivity index (χ4n) is 4.61. The lowest BCUT2D eigenvalue weighted by Crippen LogP contribution is -2.38. The average Bonchev–Trinajstić information content (AvgIpc) is 2.96. The highest BCUT2D eigenvalue weighted by molar-refractivity contribution is 5.96. The van der Waals surface area contributed by atoms with E-state index in [9.17, 15) is 22.8 Å². The topological polar surface area (TPSA) is 91.0 Å². The Morgan fingerprint density at radius 2 is 1.74 bits per heavy atom. The van der Waals surface area contributed by atoms with E-state index in [1.165, 1.54) is 24.4 Å². The second-order valence-corrected chi connectivity index (χ2v) is 9.34. The van der Waals surface area contributed by atoms with Gasteiger partial charge < -0.3 is 15.2 Å². The lowest BCUT2D eigenvalue weighted by atomic mass is 9.99. The molecule has 4 aromatic rings. The van der Waals surface area contributed by atoms with Crippen molar-refractivity contribution in [2.24, 2.45) is 0 Å². The summed E-state index contributed by atoms with van der Waals surface area (Å²) < 4.78 is 40.5. The number of benzene rings is 2. The number of halogens is 3. The Hall–Kier alpha value is -4.47. The third-order valence-electron chi connectivity index (χ3n) is 6.62. The van der Waals surface area contributed by atoms with E-state index in [1.807, 2.05) is 30.3 Å². The zero-order valence-electron chi connectivity index (χ0n) is 21.0. The van der Waals surface area contributed by atoms with Crippen molar-refractivity contribution in [2.75, 3.05) is 18.4 Å². The van der Waals surface area contributed by atoms with Crippen LogP contribution < -0.4 is 10.9 Å². The first-order valence-corrected chi connectivity index (χ1v) is 12.6. The summed E-state index contributed by atoms with van der Waals surface area (Å²) in [6, 6.07) is 17.3. The Kier molecular flexibility index (Phi) is 7.44. The van der Waals surface area contributed by atoms with Gasteiger partial charge >= 0.3 is 6.18 Å². The molecule has 7 nitrogen and oxygen atoms in total. The molecule has 1 aliphatic rings. The summed E-state index contributed by atoms with van der Waals surface area (Å²) in [5, 5.41) is 3.14. The number of aromatic nitrogens is 3. The van der Waals surface area contributed by atoms with Crippen LogP contribution in [0.5, 0.6) is 0 Å². The molecule has 0 spiro atoms. The smallest absolute Gasteiger partial charge is 0.350 e. The molecule has 2 aromatic heterocycles. The van der Waals surface area contributed by atoms with Crippen LogP contribution in [0.1, 0.15) is 40.7 Å². The van der Waals surface area contributed by atoms with Crippen LogP contribution in [0.15, 0.2) is 77.7 Å². The Labute approximate surface area is 222 Å². The lowest BCUT2D eigenvalue weighted by molar-refractivity contribution is -0.137. The summed E-state index contributed by atoms with van der Waals surface area (Å²) >= 11 is 0. The van der Waals surface area contributed by atoms with Crippen LogP contribution in [-0.4, -0.2) is 38.8 Å². The predicted octanol–water partition coefficient (Wildman–Crippen LogP) is 5.76. The molecule has 1 aliphatic heterocycles. The zero-order valence-corrected chi connectivity index (χ0v) is 21.0. The number of pyridine rings is 1. The largest absolute Gasteiger partial charge is 0.416 e. The molecule has 3 heterocycles. The molecular weight excluding hydrogens is 507 g/mol. The molecule has 0 aliphatic carbocycles. The van der Waals surface area contributed by atoms with Crippen LogP contribution in [0.25, 0.3) is 22.5 Å². The van der Waals surface area contributed by atoms with Crippen molar-refractivity contribution >= 4 is 11.9 Å². The number of rotatable bonds is 6. The maximum absolute atomic E-state index is 13.5. The van der Waals surface area contributed by atoms with Crippen LogP contribution in [0, 0.1) is 0 Å². The monoisotopic (exact) mass is 533 g/mol. The fraction of sp³-hybridized carbons (Fsp3) is 0.241. The highest BCUT2D eigenvalue weighted by Gasteiger charge is 2.31. The number of carbonyl (C=O) groups is 1. The Morgan fingerprint density at radius 1 is 0.974 bits per heavy atom. The maximum Gasteiger partial charge on any atom is 0.416 e. The van der Waals surface area contributed by atoms with E-state index in [0.717, 1.165) is 37.0 Å². The molecular formula is C29H26F3N5O2. The summed E-state index contributed by atoms with van der Waals surface area (Å²) in [7, 11) is 0. The van der Waals surface area contributed by atoms with Gasteiger partial charge in [-0.3, -0.25) is 9.59 Å². The molecule has 0 atom stereocenters. The number of nitrogens with zero attached hydrogens (tertiary/aromatic N) is 3. The van der Waals surface area contributed by atoms with Gasteiger partial charge in [0.25, 0.3) is 11.5 Å². The maximum atomic E-state index is 13.5. The predicted molar refractivity (Wildman–Crippen MR) is 142 cm³/mol. The number of H-pyrrole nitrogens is 1. The van der Waals surface area contributed by atoms with Gasteiger partial charge in [-0.2, -0.15) is 13.2 Å².